The lowest BCUT2D eigenvalue weighted by Gasteiger charge is -2.06. The Hall–Kier alpha value is -2.88. The van der Waals surface area contributed by atoms with Gasteiger partial charge in [0, 0.05) is 23.0 Å². The van der Waals surface area contributed by atoms with Gasteiger partial charge in [-0.15, -0.1) is 11.3 Å². The number of rotatable bonds is 4. The number of nitro groups is 1. The second kappa shape index (κ2) is 7.86. The van der Waals surface area contributed by atoms with E-state index in [9.17, 15) is 10.1 Å². The van der Waals surface area contributed by atoms with Crippen molar-refractivity contribution < 1.29 is 14.4 Å². The van der Waals surface area contributed by atoms with Gasteiger partial charge in [-0.2, -0.15) is 5.10 Å². The van der Waals surface area contributed by atoms with Crippen LogP contribution in [0.5, 0.6) is 11.5 Å². The van der Waals surface area contributed by atoms with Crippen molar-refractivity contribution >= 4 is 46.4 Å². The Morgan fingerprint density at radius 1 is 1.24 bits per heavy atom. The molecule has 1 aliphatic heterocycles. The van der Waals surface area contributed by atoms with Crippen LogP contribution in [-0.2, 0) is 0 Å². The third kappa shape index (κ3) is 3.71. The molecule has 29 heavy (non-hydrogen) atoms. The second-order valence-corrected chi connectivity index (χ2v) is 7.51. The molecule has 0 amide bonds. The highest BCUT2D eigenvalue weighted by molar-refractivity contribution is 7.07. The van der Waals surface area contributed by atoms with Crippen molar-refractivity contribution in [2.45, 2.75) is 0 Å². The Bertz CT molecular complexity index is 1220. The molecular formula is C18H12Cl2N4O4S. The van der Waals surface area contributed by atoms with Crippen LogP contribution in [0.2, 0.25) is 10.0 Å². The molecule has 0 atom stereocenters. The summed E-state index contributed by atoms with van der Waals surface area (Å²) in [6.45, 7) is 0.0165. The number of hydrogen-bond donors (Lipinski definition) is 0. The van der Waals surface area contributed by atoms with E-state index in [1.165, 1.54) is 29.7 Å². The average molecular weight is 451 g/mol. The van der Waals surface area contributed by atoms with Crippen LogP contribution in [-0.4, -0.2) is 29.7 Å². The van der Waals surface area contributed by atoms with Crippen LogP contribution < -0.4 is 14.3 Å². The number of fused-ring (bicyclic) bond motifs is 1. The van der Waals surface area contributed by atoms with Gasteiger partial charge in [-0.05, 0) is 24.3 Å². The van der Waals surface area contributed by atoms with Gasteiger partial charge in [0.1, 0.15) is 0 Å². The number of nitrogens with zero attached hydrogens (tertiary/aromatic N) is 4. The van der Waals surface area contributed by atoms with Crippen LogP contribution in [0.4, 0.5) is 5.69 Å². The predicted molar refractivity (Wildman–Crippen MR) is 111 cm³/mol. The molecule has 1 aromatic heterocycles. The average Bonchev–Trinajstić information content (AvgIpc) is 3.33. The molecule has 0 spiro atoms. The SMILES string of the molecule is CN=c1scc(-c2cc(Cl)ccc2Cl)n1N=Cc1cc2c(cc1[N+](=O)[O-])OCO2. The van der Waals surface area contributed by atoms with Gasteiger partial charge in [0.15, 0.2) is 11.5 Å². The van der Waals surface area contributed by atoms with Crippen LogP contribution in [0, 0.1) is 10.1 Å². The number of thiazole rings is 1. The number of benzene rings is 2. The van der Waals surface area contributed by atoms with Gasteiger partial charge in [-0.1, -0.05) is 23.2 Å². The maximum absolute atomic E-state index is 11.5. The molecule has 148 valence electrons. The first-order valence-electron chi connectivity index (χ1n) is 8.19. The fourth-order valence-electron chi connectivity index (χ4n) is 2.77. The van der Waals surface area contributed by atoms with Gasteiger partial charge >= 0.3 is 0 Å². The number of aromatic nitrogens is 1. The van der Waals surface area contributed by atoms with E-state index in [1.807, 2.05) is 5.38 Å². The Labute approximate surface area is 178 Å². The Balaban J connectivity index is 1.84. The molecule has 0 bridgehead atoms. The van der Waals surface area contributed by atoms with Crippen LogP contribution in [0.3, 0.4) is 0 Å². The fraction of sp³-hybridized carbons (Fsp3) is 0.111. The smallest absolute Gasteiger partial charge is 0.282 e. The molecule has 8 nitrogen and oxygen atoms in total. The van der Waals surface area contributed by atoms with Crippen LogP contribution in [0.15, 0.2) is 45.8 Å². The summed E-state index contributed by atoms with van der Waals surface area (Å²) in [6, 6.07) is 7.94. The largest absolute Gasteiger partial charge is 0.454 e. The van der Waals surface area contributed by atoms with Crippen molar-refractivity contribution in [2.24, 2.45) is 10.1 Å². The molecule has 0 fully saturated rings. The normalized spacial score (nSPS) is 13.4. The third-order valence-electron chi connectivity index (χ3n) is 4.11. The lowest BCUT2D eigenvalue weighted by molar-refractivity contribution is -0.385. The monoisotopic (exact) mass is 450 g/mol. The molecule has 3 aromatic rings. The molecule has 2 heterocycles. The maximum Gasteiger partial charge on any atom is 0.282 e. The predicted octanol–water partition coefficient (Wildman–Crippen LogP) is 4.57. The molecular weight excluding hydrogens is 439 g/mol. The quantitative estimate of drug-likeness (QED) is 0.330. The van der Waals surface area contributed by atoms with Gasteiger partial charge in [0.2, 0.25) is 11.6 Å². The summed E-state index contributed by atoms with van der Waals surface area (Å²) >= 11 is 13.8. The maximum atomic E-state index is 11.5. The van der Waals surface area contributed by atoms with Crippen LogP contribution in [0.1, 0.15) is 5.56 Å². The highest BCUT2D eigenvalue weighted by atomic mass is 35.5. The molecule has 2 aromatic carbocycles. The first kappa shape index (κ1) is 19.4. The zero-order valence-electron chi connectivity index (χ0n) is 14.8. The van der Waals surface area contributed by atoms with E-state index in [2.05, 4.69) is 10.1 Å². The summed E-state index contributed by atoms with van der Waals surface area (Å²) in [5, 5.41) is 18.8. The summed E-state index contributed by atoms with van der Waals surface area (Å²) in [5.41, 5.74) is 1.44. The molecule has 0 saturated heterocycles. The summed E-state index contributed by atoms with van der Waals surface area (Å²) in [4.78, 5) is 15.8. The fourth-order valence-corrected chi connectivity index (χ4v) is 3.95. The van der Waals surface area contributed by atoms with Crippen molar-refractivity contribution in [3.05, 3.63) is 66.2 Å². The molecule has 4 rings (SSSR count). The minimum Gasteiger partial charge on any atom is -0.454 e. The standard InChI is InChI=1S/C18H12Cl2N4O4S/c1-21-18-23(15(8-29-18)12-5-11(19)2-3-13(12)20)22-7-10-4-16-17(28-9-27-16)6-14(10)24(25)26/h2-8H,9H2,1H3. The number of nitro benzene ring substituents is 1. The van der Waals surface area contributed by atoms with Crippen molar-refractivity contribution in [2.75, 3.05) is 13.8 Å². The van der Waals surface area contributed by atoms with E-state index >= 15 is 0 Å². The van der Waals surface area contributed by atoms with E-state index < -0.39 is 4.92 Å². The minimum absolute atomic E-state index is 0.0165. The van der Waals surface area contributed by atoms with Crippen molar-refractivity contribution in [1.82, 2.24) is 4.68 Å². The zero-order chi connectivity index (χ0) is 20.5. The van der Waals surface area contributed by atoms with Crippen LogP contribution in [0.25, 0.3) is 11.3 Å². The zero-order valence-corrected chi connectivity index (χ0v) is 17.2. The van der Waals surface area contributed by atoms with Crippen LogP contribution >= 0.6 is 34.5 Å². The van der Waals surface area contributed by atoms with Crippen molar-refractivity contribution in [3.63, 3.8) is 0 Å². The lowest BCUT2D eigenvalue weighted by Crippen LogP contribution is -2.12. The highest BCUT2D eigenvalue weighted by Crippen LogP contribution is 2.37. The van der Waals surface area contributed by atoms with Crippen molar-refractivity contribution in [1.29, 1.82) is 0 Å². The third-order valence-corrected chi connectivity index (χ3v) is 5.58. The number of ether oxygens (including phenoxy) is 2. The summed E-state index contributed by atoms with van der Waals surface area (Å²) in [7, 11) is 1.63. The topological polar surface area (TPSA) is 91.2 Å². The first-order chi connectivity index (χ1) is 14.0. The molecule has 0 aliphatic carbocycles. The number of hydrogen-bond acceptors (Lipinski definition) is 7. The molecule has 0 radical (unpaired) electrons. The highest BCUT2D eigenvalue weighted by Gasteiger charge is 2.22. The molecule has 0 N–H and O–H groups in total. The summed E-state index contributed by atoms with van der Waals surface area (Å²) < 4.78 is 12.1. The lowest BCUT2D eigenvalue weighted by atomic mass is 10.1. The van der Waals surface area contributed by atoms with Gasteiger partial charge in [-0.25, -0.2) is 4.68 Å². The van der Waals surface area contributed by atoms with Gasteiger partial charge in [0.05, 0.1) is 33.5 Å². The number of halogens is 2. The summed E-state index contributed by atoms with van der Waals surface area (Å²) in [6.07, 6.45) is 1.38. The second-order valence-electron chi connectivity index (χ2n) is 5.83. The van der Waals surface area contributed by atoms with Gasteiger partial charge in [0.25, 0.3) is 5.69 Å². The minimum atomic E-state index is -0.499. The Morgan fingerprint density at radius 2 is 2.00 bits per heavy atom. The molecule has 1 aliphatic rings. The van der Waals surface area contributed by atoms with E-state index in [4.69, 9.17) is 32.7 Å². The van der Waals surface area contributed by atoms with Gasteiger partial charge < -0.3 is 9.47 Å². The van der Waals surface area contributed by atoms with E-state index in [-0.39, 0.29) is 18.0 Å². The first-order valence-corrected chi connectivity index (χ1v) is 9.82. The molecule has 0 unspecified atom stereocenters. The molecule has 11 heteroatoms. The molecule has 0 saturated carbocycles. The van der Waals surface area contributed by atoms with E-state index in [1.54, 1.807) is 29.9 Å². The van der Waals surface area contributed by atoms with E-state index in [0.717, 1.165) is 0 Å². The summed E-state index contributed by atoms with van der Waals surface area (Å²) in [5.74, 6) is 0.749. The van der Waals surface area contributed by atoms with Gasteiger partial charge in [-0.3, -0.25) is 15.1 Å². The van der Waals surface area contributed by atoms with Crippen molar-refractivity contribution in [3.8, 4) is 22.8 Å². The Kier molecular flexibility index (Phi) is 5.27. The van der Waals surface area contributed by atoms with E-state index in [0.29, 0.717) is 37.6 Å². The Morgan fingerprint density at radius 3 is 2.72 bits per heavy atom.